The van der Waals surface area contributed by atoms with Gasteiger partial charge in [0.05, 0.1) is 0 Å². The van der Waals surface area contributed by atoms with Crippen molar-refractivity contribution in [2.24, 2.45) is 17.6 Å². The van der Waals surface area contributed by atoms with Crippen LogP contribution in [0.4, 0.5) is 0 Å². The Balaban J connectivity index is 2.04. The van der Waals surface area contributed by atoms with E-state index >= 15 is 0 Å². The van der Waals surface area contributed by atoms with Crippen molar-refractivity contribution >= 4 is 5.91 Å². The Kier molecular flexibility index (Phi) is 2.69. The molecule has 0 bridgehead atoms. The Morgan fingerprint density at radius 1 is 1.73 bits per heavy atom. The van der Waals surface area contributed by atoms with E-state index in [2.05, 4.69) is 6.58 Å². The van der Waals surface area contributed by atoms with E-state index in [1.165, 1.54) is 0 Å². The normalized spacial score (nSPS) is 28.0. The summed E-state index contributed by atoms with van der Waals surface area (Å²) >= 11 is 0. The SMILES string of the molecule is C=CCCCC1CC1C(N)=O. The second kappa shape index (κ2) is 3.56. The molecule has 11 heavy (non-hydrogen) atoms. The van der Waals surface area contributed by atoms with Gasteiger partial charge in [0.2, 0.25) is 5.91 Å². The average Bonchev–Trinajstić information content (AvgIpc) is 2.68. The molecule has 1 amide bonds. The van der Waals surface area contributed by atoms with Crippen LogP contribution in [0.3, 0.4) is 0 Å². The highest BCUT2D eigenvalue weighted by atomic mass is 16.1. The second-order valence-electron chi connectivity index (χ2n) is 3.22. The van der Waals surface area contributed by atoms with Crippen LogP contribution in [0.2, 0.25) is 0 Å². The highest BCUT2D eigenvalue weighted by molar-refractivity contribution is 5.79. The minimum atomic E-state index is -0.117. The number of primary amides is 1. The van der Waals surface area contributed by atoms with Crippen molar-refractivity contribution < 1.29 is 4.79 Å². The molecule has 1 aliphatic carbocycles. The maximum absolute atomic E-state index is 10.6. The van der Waals surface area contributed by atoms with Crippen molar-refractivity contribution in [1.29, 1.82) is 0 Å². The van der Waals surface area contributed by atoms with Crippen LogP contribution < -0.4 is 5.73 Å². The predicted octanol–water partition coefficient (Wildman–Crippen LogP) is 1.46. The Morgan fingerprint density at radius 3 is 2.91 bits per heavy atom. The molecule has 2 nitrogen and oxygen atoms in total. The molecule has 0 saturated heterocycles. The maximum Gasteiger partial charge on any atom is 0.220 e. The molecule has 0 radical (unpaired) electrons. The van der Waals surface area contributed by atoms with Crippen LogP contribution in [0.5, 0.6) is 0 Å². The lowest BCUT2D eigenvalue weighted by molar-refractivity contribution is -0.119. The zero-order chi connectivity index (χ0) is 8.27. The zero-order valence-corrected chi connectivity index (χ0v) is 6.75. The third-order valence-electron chi connectivity index (χ3n) is 2.27. The monoisotopic (exact) mass is 153 g/mol. The Hall–Kier alpha value is -0.790. The second-order valence-corrected chi connectivity index (χ2v) is 3.22. The summed E-state index contributed by atoms with van der Waals surface area (Å²) in [7, 11) is 0. The molecule has 62 valence electrons. The highest BCUT2D eigenvalue weighted by Gasteiger charge is 2.40. The first-order chi connectivity index (χ1) is 5.25. The van der Waals surface area contributed by atoms with Gasteiger partial charge < -0.3 is 5.73 Å². The first-order valence-electron chi connectivity index (χ1n) is 4.16. The van der Waals surface area contributed by atoms with Gasteiger partial charge in [-0.2, -0.15) is 0 Å². The van der Waals surface area contributed by atoms with Crippen LogP contribution >= 0.6 is 0 Å². The number of unbranched alkanes of at least 4 members (excludes halogenated alkanes) is 1. The quantitative estimate of drug-likeness (QED) is 0.471. The van der Waals surface area contributed by atoms with Gasteiger partial charge in [-0.1, -0.05) is 6.08 Å². The molecular formula is C9H15NO. The lowest BCUT2D eigenvalue weighted by Gasteiger charge is -1.94. The third kappa shape index (κ3) is 2.37. The molecule has 2 heteroatoms. The van der Waals surface area contributed by atoms with Crippen LogP contribution in [-0.4, -0.2) is 5.91 Å². The summed E-state index contributed by atoms with van der Waals surface area (Å²) in [6.07, 6.45) is 6.29. The first-order valence-corrected chi connectivity index (χ1v) is 4.16. The average molecular weight is 153 g/mol. The number of carbonyl (C=O) groups is 1. The maximum atomic E-state index is 10.6. The molecule has 0 aliphatic heterocycles. The van der Waals surface area contributed by atoms with Gasteiger partial charge in [-0.25, -0.2) is 0 Å². The fourth-order valence-corrected chi connectivity index (χ4v) is 1.44. The van der Waals surface area contributed by atoms with Gasteiger partial charge in [0.1, 0.15) is 0 Å². The van der Waals surface area contributed by atoms with E-state index in [4.69, 9.17) is 5.73 Å². The van der Waals surface area contributed by atoms with E-state index in [1.807, 2.05) is 6.08 Å². The lowest BCUT2D eigenvalue weighted by Crippen LogP contribution is -2.13. The molecular weight excluding hydrogens is 138 g/mol. The molecule has 1 rings (SSSR count). The Morgan fingerprint density at radius 2 is 2.45 bits per heavy atom. The number of allylic oxidation sites excluding steroid dienone is 1. The number of hydrogen-bond donors (Lipinski definition) is 1. The van der Waals surface area contributed by atoms with E-state index in [1.54, 1.807) is 0 Å². The number of nitrogens with two attached hydrogens (primary N) is 1. The summed E-state index contributed by atoms with van der Waals surface area (Å²) in [5.74, 6) is 0.667. The lowest BCUT2D eigenvalue weighted by atomic mass is 10.1. The fraction of sp³-hybridized carbons (Fsp3) is 0.667. The summed E-state index contributed by atoms with van der Waals surface area (Å²) in [5, 5.41) is 0. The van der Waals surface area contributed by atoms with E-state index in [-0.39, 0.29) is 11.8 Å². The topological polar surface area (TPSA) is 43.1 Å². The van der Waals surface area contributed by atoms with E-state index < -0.39 is 0 Å². The number of rotatable bonds is 5. The highest BCUT2D eigenvalue weighted by Crippen LogP contribution is 2.41. The molecule has 1 fully saturated rings. The molecule has 2 unspecified atom stereocenters. The number of carbonyl (C=O) groups excluding carboxylic acids is 1. The molecule has 0 aromatic rings. The minimum Gasteiger partial charge on any atom is -0.369 e. The number of amides is 1. The summed E-state index contributed by atoms with van der Waals surface area (Å²) in [5.41, 5.74) is 5.13. The minimum absolute atomic E-state index is 0.117. The van der Waals surface area contributed by atoms with E-state index in [9.17, 15) is 4.79 Å². The van der Waals surface area contributed by atoms with Crippen molar-refractivity contribution in [2.45, 2.75) is 25.7 Å². The predicted molar refractivity (Wildman–Crippen MR) is 44.8 cm³/mol. The van der Waals surface area contributed by atoms with Crippen LogP contribution in [-0.2, 0) is 4.79 Å². The molecule has 2 atom stereocenters. The van der Waals surface area contributed by atoms with Gasteiger partial charge >= 0.3 is 0 Å². The molecule has 1 saturated carbocycles. The largest absolute Gasteiger partial charge is 0.369 e. The molecule has 0 heterocycles. The van der Waals surface area contributed by atoms with E-state index in [0.717, 1.165) is 25.7 Å². The van der Waals surface area contributed by atoms with Gasteiger partial charge in [-0.05, 0) is 31.6 Å². The van der Waals surface area contributed by atoms with Crippen molar-refractivity contribution in [2.75, 3.05) is 0 Å². The smallest absolute Gasteiger partial charge is 0.220 e. The van der Waals surface area contributed by atoms with Gasteiger partial charge in [-0.3, -0.25) is 4.79 Å². The third-order valence-corrected chi connectivity index (χ3v) is 2.27. The summed E-state index contributed by atoms with van der Waals surface area (Å²) in [6, 6.07) is 0. The Bertz CT molecular complexity index is 165. The van der Waals surface area contributed by atoms with Gasteiger partial charge in [0, 0.05) is 5.92 Å². The van der Waals surface area contributed by atoms with Gasteiger partial charge in [0.25, 0.3) is 0 Å². The van der Waals surface area contributed by atoms with Crippen molar-refractivity contribution in [3.63, 3.8) is 0 Å². The van der Waals surface area contributed by atoms with Gasteiger partial charge in [0.15, 0.2) is 0 Å². The molecule has 0 aromatic heterocycles. The van der Waals surface area contributed by atoms with Crippen LogP contribution in [0.15, 0.2) is 12.7 Å². The summed E-state index contributed by atoms with van der Waals surface area (Å²) in [6.45, 7) is 3.64. The zero-order valence-electron chi connectivity index (χ0n) is 6.75. The standard InChI is InChI=1S/C9H15NO/c1-2-3-4-5-7-6-8(7)9(10)11/h2,7-8H,1,3-6H2,(H2,10,11). The molecule has 0 spiro atoms. The van der Waals surface area contributed by atoms with Crippen LogP contribution in [0.25, 0.3) is 0 Å². The number of hydrogen-bond acceptors (Lipinski definition) is 1. The molecule has 2 N–H and O–H groups in total. The van der Waals surface area contributed by atoms with Crippen molar-refractivity contribution in [3.8, 4) is 0 Å². The van der Waals surface area contributed by atoms with Crippen molar-refractivity contribution in [3.05, 3.63) is 12.7 Å². The summed E-state index contributed by atoms with van der Waals surface area (Å²) in [4.78, 5) is 10.6. The molecule has 1 aliphatic rings. The first kappa shape index (κ1) is 8.31. The van der Waals surface area contributed by atoms with Gasteiger partial charge in [-0.15, -0.1) is 6.58 Å². The van der Waals surface area contributed by atoms with Crippen molar-refractivity contribution in [1.82, 2.24) is 0 Å². The van der Waals surface area contributed by atoms with Crippen LogP contribution in [0, 0.1) is 11.8 Å². The fourth-order valence-electron chi connectivity index (χ4n) is 1.44. The summed E-state index contributed by atoms with van der Waals surface area (Å²) < 4.78 is 0. The Labute approximate surface area is 67.5 Å². The van der Waals surface area contributed by atoms with Crippen LogP contribution in [0.1, 0.15) is 25.7 Å². The van der Waals surface area contributed by atoms with E-state index in [0.29, 0.717) is 5.92 Å². The molecule has 0 aromatic carbocycles.